The van der Waals surface area contributed by atoms with Crippen LogP contribution < -0.4 is 9.80 Å². The second-order valence-corrected chi connectivity index (χ2v) is 13.7. The van der Waals surface area contributed by atoms with Gasteiger partial charge in [0.1, 0.15) is 0 Å². The SMILES string of the molecule is CS(C)(C)c1ccc(N(c2ccccc2)c2ccc(N(c3ccccc3)c3ccccc3)cc2)cc1. The summed E-state index contributed by atoms with van der Waals surface area (Å²) in [5.41, 5.74) is 6.82. The molecule has 0 saturated carbocycles. The quantitative estimate of drug-likeness (QED) is 0.225. The van der Waals surface area contributed by atoms with Gasteiger partial charge in [-0.05, 0) is 109 Å². The van der Waals surface area contributed by atoms with E-state index in [-0.39, 0.29) is 0 Å². The Morgan fingerprint density at radius 2 is 0.583 bits per heavy atom. The molecule has 3 heteroatoms. The number of rotatable bonds is 7. The van der Waals surface area contributed by atoms with Crippen LogP contribution in [-0.2, 0) is 0 Å². The first-order chi connectivity index (χ1) is 17.5. The molecule has 5 rings (SSSR count). The molecule has 0 aliphatic carbocycles. The monoisotopic (exact) mass is 488 g/mol. The normalized spacial score (nSPS) is 11.6. The van der Waals surface area contributed by atoms with Crippen molar-refractivity contribution in [2.45, 2.75) is 4.90 Å². The van der Waals surface area contributed by atoms with Gasteiger partial charge in [-0.2, -0.15) is 0 Å². The molecule has 0 unspecified atom stereocenters. The molecule has 0 aliphatic heterocycles. The lowest BCUT2D eigenvalue weighted by Gasteiger charge is -2.29. The third-order valence-electron chi connectivity index (χ3n) is 6.21. The highest BCUT2D eigenvalue weighted by Crippen LogP contribution is 2.46. The van der Waals surface area contributed by atoms with Gasteiger partial charge in [0.2, 0.25) is 0 Å². The molecular weight excluding hydrogens is 456 g/mol. The average molecular weight is 489 g/mol. The van der Waals surface area contributed by atoms with Gasteiger partial charge in [0.25, 0.3) is 0 Å². The fourth-order valence-corrected chi connectivity index (χ4v) is 5.33. The van der Waals surface area contributed by atoms with Crippen LogP contribution in [0.5, 0.6) is 0 Å². The number of anilines is 6. The van der Waals surface area contributed by atoms with E-state index in [1.807, 2.05) is 0 Å². The van der Waals surface area contributed by atoms with Crippen LogP contribution in [0.1, 0.15) is 0 Å². The standard InChI is InChI=1S/C33H32N2S/c1-36(2,3)33-25-23-32(24-26-33)35(29-17-11-6-12-18-29)31-21-19-30(20-22-31)34(27-13-7-4-8-14-27)28-15-9-5-10-16-28/h4-26H,1-3H3. The highest BCUT2D eigenvalue weighted by molar-refractivity contribution is 8.32. The van der Waals surface area contributed by atoms with E-state index in [4.69, 9.17) is 0 Å². The molecule has 0 fully saturated rings. The zero-order valence-electron chi connectivity index (χ0n) is 21.1. The smallest absolute Gasteiger partial charge is 0.0463 e. The first kappa shape index (κ1) is 23.8. The molecule has 36 heavy (non-hydrogen) atoms. The average Bonchev–Trinajstić information content (AvgIpc) is 2.92. The van der Waals surface area contributed by atoms with Crippen LogP contribution in [0.15, 0.2) is 144 Å². The van der Waals surface area contributed by atoms with Gasteiger partial charge in [-0.3, -0.25) is 0 Å². The van der Waals surface area contributed by atoms with Crippen LogP contribution in [0, 0.1) is 0 Å². The minimum atomic E-state index is -0.766. The number of benzene rings is 5. The van der Waals surface area contributed by atoms with Crippen LogP contribution in [0.2, 0.25) is 0 Å². The Balaban J connectivity index is 1.55. The number of hydrogen-bond acceptors (Lipinski definition) is 2. The van der Waals surface area contributed by atoms with Crippen molar-refractivity contribution in [3.05, 3.63) is 140 Å². The minimum absolute atomic E-state index is 0.766. The van der Waals surface area contributed by atoms with E-state index < -0.39 is 10.0 Å². The molecule has 0 aromatic heterocycles. The number of hydrogen-bond donors (Lipinski definition) is 0. The molecule has 0 radical (unpaired) electrons. The maximum absolute atomic E-state index is 2.33. The van der Waals surface area contributed by atoms with Gasteiger partial charge in [0.05, 0.1) is 0 Å². The van der Waals surface area contributed by atoms with E-state index in [0.29, 0.717) is 0 Å². The summed E-state index contributed by atoms with van der Waals surface area (Å²) in [5, 5.41) is 0. The molecule has 0 spiro atoms. The van der Waals surface area contributed by atoms with Crippen molar-refractivity contribution >= 4 is 44.2 Å². The lowest BCUT2D eigenvalue weighted by molar-refractivity contribution is 1.25. The zero-order chi connectivity index (χ0) is 25.0. The van der Waals surface area contributed by atoms with Crippen molar-refractivity contribution in [1.29, 1.82) is 0 Å². The summed E-state index contributed by atoms with van der Waals surface area (Å²) in [5.74, 6) is 0. The first-order valence-electron chi connectivity index (χ1n) is 12.1. The Bertz CT molecular complexity index is 1340. The van der Waals surface area contributed by atoms with Crippen molar-refractivity contribution in [3.63, 3.8) is 0 Å². The molecule has 0 saturated heterocycles. The number of para-hydroxylation sites is 3. The Kier molecular flexibility index (Phi) is 6.84. The van der Waals surface area contributed by atoms with Crippen LogP contribution >= 0.6 is 10.0 Å². The predicted molar refractivity (Wildman–Crippen MR) is 159 cm³/mol. The predicted octanol–water partition coefficient (Wildman–Crippen LogP) is 9.68. The highest BCUT2D eigenvalue weighted by atomic mass is 32.3. The minimum Gasteiger partial charge on any atom is -0.311 e. The van der Waals surface area contributed by atoms with E-state index in [2.05, 4.69) is 168 Å². The topological polar surface area (TPSA) is 6.48 Å². The molecule has 5 aromatic carbocycles. The van der Waals surface area contributed by atoms with E-state index in [1.165, 1.54) is 4.90 Å². The van der Waals surface area contributed by atoms with Gasteiger partial charge in [-0.1, -0.05) is 54.6 Å². The summed E-state index contributed by atoms with van der Waals surface area (Å²) in [4.78, 5) is 6.02. The molecule has 180 valence electrons. The summed E-state index contributed by atoms with van der Waals surface area (Å²) < 4.78 is 0. The summed E-state index contributed by atoms with van der Waals surface area (Å²) in [6.07, 6.45) is 7.00. The van der Waals surface area contributed by atoms with Crippen LogP contribution in [0.3, 0.4) is 0 Å². The fraction of sp³-hybridized carbons (Fsp3) is 0.0909. The summed E-state index contributed by atoms with van der Waals surface area (Å²) in [6.45, 7) is 0. The van der Waals surface area contributed by atoms with E-state index in [9.17, 15) is 0 Å². The highest BCUT2D eigenvalue weighted by Gasteiger charge is 2.16. The van der Waals surface area contributed by atoms with Gasteiger partial charge in [0, 0.05) is 34.1 Å². The Morgan fingerprint density at radius 3 is 0.861 bits per heavy atom. The largest absolute Gasteiger partial charge is 0.311 e. The zero-order valence-corrected chi connectivity index (χ0v) is 21.9. The molecule has 0 amide bonds. The molecule has 0 heterocycles. The Hall–Kier alpha value is -3.95. The second-order valence-electron chi connectivity index (χ2n) is 9.52. The summed E-state index contributed by atoms with van der Waals surface area (Å²) in [6, 6.07) is 49.5. The lowest BCUT2D eigenvalue weighted by Crippen LogP contribution is -2.12. The van der Waals surface area contributed by atoms with Gasteiger partial charge in [-0.25, -0.2) is 10.0 Å². The first-order valence-corrected chi connectivity index (χ1v) is 15.0. The van der Waals surface area contributed by atoms with Crippen molar-refractivity contribution in [3.8, 4) is 0 Å². The molecular formula is C33H32N2S. The van der Waals surface area contributed by atoms with Crippen LogP contribution in [0.25, 0.3) is 0 Å². The molecule has 2 nitrogen and oxygen atoms in total. The van der Waals surface area contributed by atoms with Crippen LogP contribution in [-0.4, -0.2) is 18.8 Å². The maximum Gasteiger partial charge on any atom is 0.0463 e. The van der Waals surface area contributed by atoms with E-state index in [1.54, 1.807) is 0 Å². The van der Waals surface area contributed by atoms with Gasteiger partial charge >= 0.3 is 0 Å². The van der Waals surface area contributed by atoms with Crippen molar-refractivity contribution < 1.29 is 0 Å². The van der Waals surface area contributed by atoms with Crippen LogP contribution in [0.4, 0.5) is 34.1 Å². The third kappa shape index (κ3) is 5.17. The van der Waals surface area contributed by atoms with Crippen molar-refractivity contribution in [2.75, 3.05) is 28.6 Å². The van der Waals surface area contributed by atoms with Gasteiger partial charge in [-0.15, -0.1) is 0 Å². The van der Waals surface area contributed by atoms with E-state index >= 15 is 0 Å². The second kappa shape index (κ2) is 10.3. The van der Waals surface area contributed by atoms with Crippen molar-refractivity contribution in [2.24, 2.45) is 0 Å². The Labute approximate surface area is 216 Å². The fourth-order valence-electron chi connectivity index (χ4n) is 4.38. The number of nitrogens with zero attached hydrogens (tertiary/aromatic N) is 2. The molecule has 0 aliphatic rings. The lowest BCUT2D eigenvalue weighted by atomic mass is 10.1. The molecule has 0 N–H and O–H groups in total. The third-order valence-corrected chi connectivity index (χ3v) is 7.90. The van der Waals surface area contributed by atoms with E-state index in [0.717, 1.165) is 34.1 Å². The summed E-state index contributed by atoms with van der Waals surface area (Å²) >= 11 is 0. The molecule has 5 aromatic rings. The Morgan fingerprint density at radius 1 is 0.333 bits per heavy atom. The van der Waals surface area contributed by atoms with Gasteiger partial charge in [0.15, 0.2) is 0 Å². The van der Waals surface area contributed by atoms with Crippen molar-refractivity contribution in [1.82, 2.24) is 0 Å². The summed E-state index contributed by atoms with van der Waals surface area (Å²) in [7, 11) is -0.766. The molecule has 0 atom stereocenters. The maximum atomic E-state index is 2.33. The molecule has 0 bridgehead atoms. The van der Waals surface area contributed by atoms with Gasteiger partial charge < -0.3 is 9.80 Å².